The van der Waals surface area contributed by atoms with Crippen molar-refractivity contribution < 1.29 is 19.4 Å². The number of aliphatic carboxylic acids is 1. The van der Waals surface area contributed by atoms with E-state index in [-0.39, 0.29) is 12.5 Å². The Kier molecular flexibility index (Phi) is 3.74. The predicted molar refractivity (Wildman–Crippen MR) is 72.5 cm³/mol. The first-order valence-electron chi connectivity index (χ1n) is 6.62. The number of carboxylic acid groups (broad SMARTS) is 1. The zero-order valence-corrected chi connectivity index (χ0v) is 11.9. The monoisotopic (exact) mass is 280 g/mol. The molecule has 0 aromatic carbocycles. The molecule has 1 aromatic heterocycles. The van der Waals surface area contributed by atoms with Gasteiger partial charge in [0.15, 0.2) is 0 Å². The molecule has 1 aromatic rings. The van der Waals surface area contributed by atoms with Crippen LogP contribution in [-0.2, 0) is 9.53 Å². The molecule has 0 bridgehead atoms. The van der Waals surface area contributed by atoms with Crippen LogP contribution < -0.4 is 0 Å². The minimum atomic E-state index is -0.893. The number of nitrogens with zero attached hydrogens (tertiary/aromatic N) is 1. The molecule has 1 aliphatic heterocycles. The van der Waals surface area contributed by atoms with Gasteiger partial charge >= 0.3 is 12.1 Å². The van der Waals surface area contributed by atoms with Crippen LogP contribution in [0.4, 0.5) is 4.79 Å². The highest BCUT2D eigenvalue weighted by atomic mass is 16.6. The van der Waals surface area contributed by atoms with Gasteiger partial charge in [0.05, 0.1) is 5.92 Å². The molecule has 0 radical (unpaired) electrons. The number of rotatable bonds is 2. The van der Waals surface area contributed by atoms with Gasteiger partial charge in [0.1, 0.15) is 5.60 Å². The van der Waals surface area contributed by atoms with E-state index in [1.54, 1.807) is 27.0 Å². The highest BCUT2D eigenvalue weighted by molar-refractivity contribution is 5.75. The standard InChI is InChI=1S/C14H20N2O4/c1-14(2,3)20-13(19)16-7-9(10(8-16)12(17)18)11-5-4-6-15-11/h4-6,9-10,15H,7-8H2,1-3H3,(H,17,18). The van der Waals surface area contributed by atoms with Crippen LogP contribution in [0.5, 0.6) is 0 Å². The van der Waals surface area contributed by atoms with Gasteiger partial charge in [0, 0.05) is 30.9 Å². The minimum absolute atomic E-state index is 0.175. The minimum Gasteiger partial charge on any atom is -0.481 e. The van der Waals surface area contributed by atoms with Crippen molar-refractivity contribution in [2.75, 3.05) is 13.1 Å². The molecule has 6 nitrogen and oxygen atoms in total. The number of carbonyl (C=O) groups is 2. The fourth-order valence-electron chi connectivity index (χ4n) is 2.42. The number of H-pyrrole nitrogens is 1. The third-order valence-corrected chi connectivity index (χ3v) is 3.31. The Morgan fingerprint density at radius 2 is 2.10 bits per heavy atom. The average molecular weight is 280 g/mol. The van der Waals surface area contributed by atoms with Gasteiger partial charge in [-0.3, -0.25) is 4.79 Å². The van der Waals surface area contributed by atoms with E-state index >= 15 is 0 Å². The summed E-state index contributed by atoms with van der Waals surface area (Å²) in [5, 5.41) is 9.32. The van der Waals surface area contributed by atoms with Gasteiger partial charge in [-0.2, -0.15) is 0 Å². The molecule has 6 heteroatoms. The topological polar surface area (TPSA) is 82.6 Å². The maximum Gasteiger partial charge on any atom is 0.410 e. The largest absolute Gasteiger partial charge is 0.481 e. The number of aromatic amines is 1. The first kappa shape index (κ1) is 14.4. The molecule has 1 amide bonds. The van der Waals surface area contributed by atoms with Crippen LogP contribution in [0.1, 0.15) is 32.4 Å². The molecule has 110 valence electrons. The van der Waals surface area contributed by atoms with E-state index in [2.05, 4.69) is 4.98 Å². The molecule has 1 fully saturated rings. The van der Waals surface area contributed by atoms with Crippen LogP contribution in [0.3, 0.4) is 0 Å². The molecule has 0 aliphatic carbocycles. The normalized spacial score (nSPS) is 22.9. The van der Waals surface area contributed by atoms with Crippen LogP contribution in [0.25, 0.3) is 0 Å². The highest BCUT2D eigenvalue weighted by Gasteiger charge is 2.42. The van der Waals surface area contributed by atoms with E-state index in [0.29, 0.717) is 6.54 Å². The zero-order valence-electron chi connectivity index (χ0n) is 11.9. The highest BCUT2D eigenvalue weighted by Crippen LogP contribution is 2.32. The Bertz CT molecular complexity index is 490. The number of likely N-dealkylation sites (tertiary alicyclic amines) is 1. The molecule has 2 unspecified atom stereocenters. The van der Waals surface area contributed by atoms with Crippen molar-refractivity contribution in [2.24, 2.45) is 5.92 Å². The van der Waals surface area contributed by atoms with Gasteiger partial charge in [-0.15, -0.1) is 0 Å². The van der Waals surface area contributed by atoms with Crippen molar-refractivity contribution in [3.63, 3.8) is 0 Å². The van der Waals surface area contributed by atoms with Crippen LogP contribution in [0.2, 0.25) is 0 Å². The molecular formula is C14H20N2O4. The predicted octanol–water partition coefficient (Wildman–Crippen LogP) is 2.05. The number of aromatic nitrogens is 1. The summed E-state index contributed by atoms with van der Waals surface area (Å²) in [6, 6.07) is 3.67. The number of amides is 1. The lowest BCUT2D eigenvalue weighted by molar-refractivity contribution is -0.141. The summed E-state index contributed by atoms with van der Waals surface area (Å²) in [5.41, 5.74) is 0.254. The number of nitrogens with one attached hydrogen (secondary N) is 1. The number of ether oxygens (including phenoxy) is 1. The summed E-state index contributed by atoms with van der Waals surface area (Å²) in [7, 11) is 0. The SMILES string of the molecule is CC(C)(C)OC(=O)N1CC(C(=O)O)C(c2ccc[nH]2)C1. The van der Waals surface area contributed by atoms with Gasteiger partial charge in [-0.25, -0.2) is 4.79 Å². The Morgan fingerprint density at radius 1 is 1.40 bits per heavy atom. The number of carbonyl (C=O) groups excluding carboxylic acids is 1. The maximum atomic E-state index is 12.0. The lowest BCUT2D eigenvalue weighted by Crippen LogP contribution is -2.35. The smallest absolute Gasteiger partial charge is 0.410 e. The third-order valence-electron chi connectivity index (χ3n) is 3.31. The van der Waals surface area contributed by atoms with E-state index in [1.165, 1.54) is 4.90 Å². The van der Waals surface area contributed by atoms with Crippen molar-refractivity contribution >= 4 is 12.1 Å². The van der Waals surface area contributed by atoms with Crippen LogP contribution in [0.15, 0.2) is 18.3 Å². The van der Waals surface area contributed by atoms with E-state index in [4.69, 9.17) is 4.74 Å². The molecule has 2 atom stereocenters. The molecule has 1 saturated heterocycles. The lowest BCUT2D eigenvalue weighted by atomic mass is 9.93. The number of hydrogen-bond acceptors (Lipinski definition) is 3. The first-order valence-corrected chi connectivity index (χ1v) is 6.62. The zero-order chi connectivity index (χ0) is 14.9. The van der Waals surface area contributed by atoms with Crippen LogP contribution in [0, 0.1) is 5.92 Å². The summed E-state index contributed by atoms with van der Waals surface area (Å²) < 4.78 is 5.30. The third kappa shape index (κ3) is 3.12. The fraction of sp³-hybridized carbons (Fsp3) is 0.571. The van der Waals surface area contributed by atoms with Gasteiger partial charge in [-0.1, -0.05) is 0 Å². The molecule has 2 N–H and O–H groups in total. The summed E-state index contributed by atoms with van der Waals surface area (Å²) in [6.07, 6.45) is 1.29. The van der Waals surface area contributed by atoms with E-state index in [9.17, 15) is 14.7 Å². The van der Waals surface area contributed by atoms with Gasteiger partial charge in [-0.05, 0) is 32.9 Å². The molecule has 2 rings (SSSR count). The van der Waals surface area contributed by atoms with E-state index < -0.39 is 23.6 Å². The Morgan fingerprint density at radius 3 is 2.60 bits per heavy atom. The van der Waals surface area contributed by atoms with E-state index in [0.717, 1.165) is 5.69 Å². The molecule has 2 heterocycles. The number of carboxylic acids is 1. The van der Waals surface area contributed by atoms with E-state index in [1.807, 2.05) is 12.1 Å². The van der Waals surface area contributed by atoms with Crippen LogP contribution >= 0.6 is 0 Å². The molecular weight excluding hydrogens is 260 g/mol. The Balaban J connectivity index is 2.12. The Hall–Kier alpha value is -1.98. The first-order chi connectivity index (χ1) is 9.28. The summed E-state index contributed by atoms with van der Waals surface area (Å²) in [6.45, 7) is 5.90. The summed E-state index contributed by atoms with van der Waals surface area (Å²) in [4.78, 5) is 27.9. The van der Waals surface area contributed by atoms with Gasteiger partial charge < -0.3 is 19.7 Å². The van der Waals surface area contributed by atoms with Crippen molar-refractivity contribution in [3.8, 4) is 0 Å². The molecule has 1 aliphatic rings. The van der Waals surface area contributed by atoms with Crippen LogP contribution in [-0.4, -0.2) is 45.7 Å². The van der Waals surface area contributed by atoms with Gasteiger partial charge in [0.25, 0.3) is 0 Å². The molecule has 0 spiro atoms. The molecule has 20 heavy (non-hydrogen) atoms. The van der Waals surface area contributed by atoms with Crippen molar-refractivity contribution in [2.45, 2.75) is 32.3 Å². The van der Waals surface area contributed by atoms with Crippen molar-refractivity contribution in [3.05, 3.63) is 24.0 Å². The summed E-state index contributed by atoms with van der Waals surface area (Å²) >= 11 is 0. The lowest BCUT2D eigenvalue weighted by Gasteiger charge is -2.24. The average Bonchev–Trinajstić information content (AvgIpc) is 2.95. The number of hydrogen-bond donors (Lipinski definition) is 2. The van der Waals surface area contributed by atoms with Crippen molar-refractivity contribution in [1.29, 1.82) is 0 Å². The molecule has 0 saturated carbocycles. The van der Waals surface area contributed by atoms with Crippen molar-refractivity contribution in [1.82, 2.24) is 9.88 Å². The second kappa shape index (κ2) is 5.19. The van der Waals surface area contributed by atoms with Gasteiger partial charge in [0.2, 0.25) is 0 Å². The fourth-order valence-corrected chi connectivity index (χ4v) is 2.42. The summed E-state index contributed by atoms with van der Waals surface area (Å²) in [5.74, 6) is -1.73. The second-order valence-electron chi connectivity index (χ2n) is 6.06. The quantitative estimate of drug-likeness (QED) is 0.868. The second-order valence-corrected chi connectivity index (χ2v) is 6.06. The Labute approximate surface area is 117 Å². The maximum absolute atomic E-state index is 12.0.